The van der Waals surface area contributed by atoms with E-state index in [0.717, 1.165) is 23.6 Å². The van der Waals surface area contributed by atoms with Crippen LogP contribution in [0.5, 0.6) is 0 Å². The smallest absolute Gasteiger partial charge is 0.269 e. The third-order valence-electron chi connectivity index (χ3n) is 2.89. The van der Waals surface area contributed by atoms with Crippen molar-refractivity contribution in [3.05, 3.63) is 46.5 Å². The molecule has 0 spiro atoms. The van der Waals surface area contributed by atoms with Crippen LogP contribution in [0.25, 0.3) is 0 Å². The summed E-state index contributed by atoms with van der Waals surface area (Å²) < 4.78 is 1.43. The van der Waals surface area contributed by atoms with Crippen molar-refractivity contribution in [1.82, 2.24) is 14.8 Å². The van der Waals surface area contributed by atoms with Crippen molar-refractivity contribution < 1.29 is 0 Å². The van der Waals surface area contributed by atoms with E-state index < -0.39 is 0 Å². The van der Waals surface area contributed by atoms with Crippen molar-refractivity contribution in [1.29, 1.82) is 0 Å². The molecule has 2 aromatic heterocycles. The van der Waals surface area contributed by atoms with Crippen molar-refractivity contribution in [3.8, 4) is 0 Å². The summed E-state index contributed by atoms with van der Waals surface area (Å²) in [4.78, 5) is 18.1. The molecule has 0 aliphatic heterocycles. The van der Waals surface area contributed by atoms with Gasteiger partial charge in [0, 0.05) is 32.9 Å². The number of pyridine rings is 1. The number of hydrogen-bond acceptors (Lipinski definition) is 5. The maximum atomic E-state index is 12.0. The van der Waals surface area contributed by atoms with Gasteiger partial charge in [-0.05, 0) is 18.6 Å². The topological polar surface area (TPSA) is 63.1 Å². The standard InChI is InChI=1S/C14H19N5O/c1-4-15-13-6-5-11(8-16-13)10-19-14(20)7-12(9-17-19)18(2)3/h5-9H,4,10H2,1-3H3,(H,15,16). The summed E-state index contributed by atoms with van der Waals surface area (Å²) in [6.07, 6.45) is 3.44. The minimum Gasteiger partial charge on any atom is -0.376 e. The molecule has 0 saturated carbocycles. The molecule has 0 aliphatic carbocycles. The molecule has 0 aromatic carbocycles. The number of nitrogens with one attached hydrogen (secondary N) is 1. The van der Waals surface area contributed by atoms with Crippen LogP contribution in [0.3, 0.4) is 0 Å². The largest absolute Gasteiger partial charge is 0.376 e. The molecule has 0 unspecified atom stereocenters. The molecule has 0 radical (unpaired) electrons. The van der Waals surface area contributed by atoms with Crippen molar-refractivity contribution in [2.24, 2.45) is 0 Å². The summed E-state index contributed by atoms with van der Waals surface area (Å²) in [7, 11) is 3.76. The molecule has 2 rings (SSSR count). The summed E-state index contributed by atoms with van der Waals surface area (Å²) in [6.45, 7) is 3.27. The Morgan fingerprint density at radius 2 is 2.10 bits per heavy atom. The first-order valence-electron chi connectivity index (χ1n) is 6.53. The summed E-state index contributed by atoms with van der Waals surface area (Å²) in [5.41, 5.74) is 1.62. The van der Waals surface area contributed by atoms with Gasteiger partial charge in [0.2, 0.25) is 0 Å². The van der Waals surface area contributed by atoms with Crippen LogP contribution in [0, 0.1) is 0 Å². The highest BCUT2D eigenvalue weighted by molar-refractivity contribution is 5.40. The fraction of sp³-hybridized carbons (Fsp3) is 0.357. The Morgan fingerprint density at radius 3 is 2.65 bits per heavy atom. The maximum absolute atomic E-state index is 12.0. The van der Waals surface area contributed by atoms with Crippen LogP contribution in [0.2, 0.25) is 0 Å². The molecule has 2 aromatic rings. The summed E-state index contributed by atoms with van der Waals surface area (Å²) in [6, 6.07) is 5.42. The van der Waals surface area contributed by atoms with Crippen LogP contribution in [0.4, 0.5) is 11.5 Å². The third-order valence-corrected chi connectivity index (χ3v) is 2.89. The Bertz CT molecular complexity index is 618. The first-order valence-corrected chi connectivity index (χ1v) is 6.53. The lowest BCUT2D eigenvalue weighted by molar-refractivity contribution is 0.637. The van der Waals surface area contributed by atoms with Crippen LogP contribution in [0.15, 0.2) is 35.4 Å². The number of hydrogen-bond donors (Lipinski definition) is 1. The van der Waals surface area contributed by atoms with Crippen LogP contribution >= 0.6 is 0 Å². The van der Waals surface area contributed by atoms with Crippen LogP contribution in [0.1, 0.15) is 12.5 Å². The Morgan fingerprint density at radius 1 is 1.30 bits per heavy atom. The second-order valence-corrected chi connectivity index (χ2v) is 4.69. The zero-order chi connectivity index (χ0) is 14.5. The average molecular weight is 273 g/mol. The number of aromatic nitrogens is 3. The van der Waals surface area contributed by atoms with Crippen LogP contribution < -0.4 is 15.8 Å². The van der Waals surface area contributed by atoms with Gasteiger partial charge in [-0.3, -0.25) is 4.79 Å². The Kier molecular flexibility index (Phi) is 4.34. The molecule has 1 N–H and O–H groups in total. The molecule has 6 nitrogen and oxygen atoms in total. The van der Waals surface area contributed by atoms with Gasteiger partial charge in [0.15, 0.2) is 0 Å². The molecule has 0 fully saturated rings. The van der Waals surface area contributed by atoms with E-state index in [9.17, 15) is 4.79 Å². The van der Waals surface area contributed by atoms with Gasteiger partial charge in [-0.1, -0.05) is 6.07 Å². The molecule has 0 bridgehead atoms. The predicted molar refractivity (Wildman–Crippen MR) is 80.3 cm³/mol. The van der Waals surface area contributed by atoms with Crippen molar-refractivity contribution in [3.63, 3.8) is 0 Å². The number of nitrogens with zero attached hydrogens (tertiary/aromatic N) is 4. The normalized spacial score (nSPS) is 10.3. The van der Waals surface area contributed by atoms with Crippen LogP contribution in [-0.4, -0.2) is 35.4 Å². The number of rotatable bonds is 5. The van der Waals surface area contributed by atoms with E-state index >= 15 is 0 Å². The third kappa shape index (κ3) is 3.34. The predicted octanol–water partition coefficient (Wildman–Crippen LogP) is 1.18. The highest BCUT2D eigenvalue weighted by Gasteiger charge is 2.03. The van der Waals surface area contributed by atoms with E-state index in [0.29, 0.717) is 6.54 Å². The second kappa shape index (κ2) is 6.18. The van der Waals surface area contributed by atoms with Gasteiger partial charge < -0.3 is 10.2 Å². The van der Waals surface area contributed by atoms with E-state index in [2.05, 4.69) is 15.4 Å². The molecule has 0 amide bonds. The van der Waals surface area contributed by atoms with Gasteiger partial charge >= 0.3 is 0 Å². The fourth-order valence-electron chi connectivity index (χ4n) is 1.76. The summed E-state index contributed by atoms with van der Waals surface area (Å²) >= 11 is 0. The van der Waals surface area contributed by atoms with Gasteiger partial charge in [-0.25, -0.2) is 9.67 Å². The molecule has 106 valence electrons. The van der Waals surface area contributed by atoms with Gasteiger partial charge in [-0.2, -0.15) is 5.10 Å². The van der Waals surface area contributed by atoms with E-state index in [1.807, 2.05) is 38.1 Å². The van der Waals surface area contributed by atoms with Gasteiger partial charge in [-0.15, -0.1) is 0 Å². The molecule has 6 heteroatoms. The second-order valence-electron chi connectivity index (χ2n) is 4.69. The summed E-state index contributed by atoms with van der Waals surface area (Å²) in [5.74, 6) is 0.833. The fourth-order valence-corrected chi connectivity index (χ4v) is 1.76. The summed E-state index contributed by atoms with van der Waals surface area (Å²) in [5, 5.41) is 7.30. The number of anilines is 2. The average Bonchev–Trinajstić information content (AvgIpc) is 2.43. The minimum absolute atomic E-state index is 0.119. The lowest BCUT2D eigenvalue weighted by Crippen LogP contribution is -2.24. The maximum Gasteiger partial charge on any atom is 0.269 e. The molecular formula is C14H19N5O. The SMILES string of the molecule is CCNc1ccc(Cn2ncc(N(C)C)cc2=O)cn1. The molecular weight excluding hydrogens is 254 g/mol. The Labute approximate surface area is 118 Å². The zero-order valence-corrected chi connectivity index (χ0v) is 12.0. The minimum atomic E-state index is -0.119. The highest BCUT2D eigenvalue weighted by Crippen LogP contribution is 2.07. The van der Waals surface area contributed by atoms with Gasteiger partial charge in [0.1, 0.15) is 5.82 Å². The first kappa shape index (κ1) is 14.0. The lowest BCUT2D eigenvalue weighted by Gasteiger charge is -2.12. The Balaban J connectivity index is 2.15. The molecule has 20 heavy (non-hydrogen) atoms. The monoisotopic (exact) mass is 273 g/mol. The van der Waals surface area contributed by atoms with Crippen LogP contribution in [-0.2, 0) is 6.54 Å². The quantitative estimate of drug-likeness (QED) is 0.886. The van der Waals surface area contributed by atoms with E-state index in [4.69, 9.17) is 0 Å². The first-order chi connectivity index (χ1) is 9.60. The van der Waals surface area contributed by atoms with E-state index in [1.165, 1.54) is 4.68 Å². The Hall–Kier alpha value is -2.37. The molecule has 0 atom stereocenters. The van der Waals surface area contributed by atoms with Crippen molar-refractivity contribution in [2.75, 3.05) is 30.9 Å². The van der Waals surface area contributed by atoms with E-state index in [-0.39, 0.29) is 5.56 Å². The molecule has 2 heterocycles. The molecule has 0 saturated heterocycles. The van der Waals surface area contributed by atoms with E-state index in [1.54, 1.807) is 18.5 Å². The molecule has 0 aliphatic rings. The lowest BCUT2D eigenvalue weighted by atomic mass is 10.3. The van der Waals surface area contributed by atoms with Crippen molar-refractivity contribution >= 4 is 11.5 Å². The van der Waals surface area contributed by atoms with Crippen molar-refractivity contribution in [2.45, 2.75) is 13.5 Å². The highest BCUT2D eigenvalue weighted by atomic mass is 16.1. The van der Waals surface area contributed by atoms with Gasteiger partial charge in [0.25, 0.3) is 5.56 Å². The zero-order valence-electron chi connectivity index (χ0n) is 12.0. The van der Waals surface area contributed by atoms with Gasteiger partial charge in [0.05, 0.1) is 18.4 Å².